The molecule has 0 fully saturated rings. The lowest BCUT2D eigenvalue weighted by Crippen LogP contribution is -2.74. The second-order valence-corrected chi connectivity index (χ2v) is 14.3. The minimum atomic E-state index is -2.60. The van der Waals surface area contributed by atoms with Gasteiger partial charge in [0.2, 0.25) is 0 Å². The van der Waals surface area contributed by atoms with Crippen LogP contribution in [0.15, 0.2) is 176 Å². The van der Waals surface area contributed by atoms with Crippen molar-refractivity contribution in [2.45, 2.75) is 0 Å². The molecule has 0 unspecified atom stereocenters. The highest BCUT2D eigenvalue weighted by molar-refractivity contribution is 7.19. The Bertz CT molecular complexity index is 1780. The highest BCUT2D eigenvalue weighted by Crippen LogP contribution is 2.24. The van der Waals surface area contributed by atoms with Gasteiger partial charge in [0.1, 0.15) is 0 Å². The van der Waals surface area contributed by atoms with Crippen LogP contribution in [-0.4, -0.2) is 23.0 Å². The SMILES string of the molecule is c1ccc(-c2nc(-c3ccccc3)nc(-c3ccc([Si](c4ccccc4)(c4ccccc4)c4ccccc4)cc3)n2)cc1. The molecular weight excluding hydrogens is 539 g/mol. The van der Waals surface area contributed by atoms with Gasteiger partial charge in [0.15, 0.2) is 25.5 Å². The van der Waals surface area contributed by atoms with E-state index < -0.39 is 8.07 Å². The van der Waals surface area contributed by atoms with Gasteiger partial charge < -0.3 is 0 Å². The predicted molar refractivity (Wildman–Crippen MR) is 180 cm³/mol. The van der Waals surface area contributed by atoms with Crippen molar-refractivity contribution < 1.29 is 0 Å². The molecule has 3 nitrogen and oxygen atoms in total. The predicted octanol–water partition coefficient (Wildman–Crippen LogP) is 6.25. The summed E-state index contributed by atoms with van der Waals surface area (Å²) in [5, 5.41) is 5.34. The zero-order valence-electron chi connectivity index (χ0n) is 23.6. The fourth-order valence-corrected chi connectivity index (χ4v) is 10.6. The van der Waals surface area contributed by atoms with E-state index >= 15 is 0 Å². The highest BCUT2D eigenvalue weighted by atomic mass is 28.3. The topological polar surface area (TPSA) is 38.7 Å². The minimum absolute atomic E-state index is 0.658. The van der Waals surface area contributed by atoms with E-state index in [1.165, 1.54) is 20.7 Å². The Morgan fingerprint density at radius 1 is 0.256 bits per heavy atom. The molecule has 0 aliphatic rings. The maximum atomic E-state index is 4.95. The van der Waals surface area contributed by atoms with Crippen LogP contribution >= 0.6 is 0 Å². The molecule has 0 atom stereocenters. The molecule has 1 aromatic heterocycles. The van der Waals surface area contributed by atoms with Crippen LogP contribution in [0.1, 0.15) is 0 Å². The van der Waals surface area contributed by atoms with Crippen LogP contribution in [0.25, 0.3) is 34.2 Å². The van der Waals surface area contributed by atoms with E-state index in [1.54, 1.807) is 0 Å². The summed E-state index contributed by atoms with van der Waals surface area (Å²) in [6.45, 7) is 0. The summed E-state index contributed by atoms with van der Waals surface area (Å²) in [7, 11) is -2.60. The molecule has 0 saturated carbocycles. The molecule has 0 aliphatic carbocycles. The van der Waals surface area contributed by atoms with Gasteiger partial charge in [0, 0.05) is 16.7 Å². The first-order valence-electron chi connectivity index (χ1n) is 14.5. The quantitative estimate of drug-likeness (QED) is 0.169. The molecule has 0 bridgehead atoms. The third-order valence-corrected chi connectivity index (χ3v) is 12.7. The van der Waals surface area contributed by atoms with E-state index in [0.29, 0.717) is 17.5 Å². The molecule has 6 aromatic carbocycles. The summed E-state index contributed by atoms with van der Waals surface area (Å²) in [4.78, 5) is 14.8. The Morgan fingerprint density at radius 2 is 0.512 bits per heavy atom. The van der Waals surface area contributed by atoms with Gasteiger partial charge in [-0.05, 0) is 20.7 Å². The molecule has 0 aliphatic heterocycles. The Labute approximate surface area is 253 Å². The number of nitrogens with zero attached hydrogens (tertiary/aromatic N) is 3. The smallest absolute Gasteiger partial charge is 0.179 e. The van der Waals surface area contributed by atoms with E-state index in [0.717, 1.165) is 16.7 Å². The lowest BCUT2D eigenvalue weighted by molar-refractivity contribution is 1.07. The molecule has 43 heavy (non-hydrogen) atoms. The van der Waals surface area contributed by atoms with E-state index in [4.69, 9.17) is 15.0 Å². The summed E-state index contributed by atoms with van der Waals surface area (Å²) in [5.41, 5.74) is 2.88. The lowest BCUT2D eigenvalue weighted by Gasteiger charge is -2.34. The van der Waals surface area contributed by atoms with Crippen molar-refractivity contribution in [1.82, 2.24) is 15.0 Å². The molecule has 0 saturated heterocycles. The molecule has 0 spiro atoms. The van der Waals surface area contributed by atoms with Crippen LogP contribution in [0.5, 0.6) is 0 Å². The number of rotatable bonds is 7. The Hall–Kier alpha value is -5.45. The van der Waals surface area contributed by atoms with Gasteiger partial charge in [-0.15, -0.1) is 0 Å². The fraction of sp³-hybridized carbons (Fsp3) is 0. The van der Waals surface area contributed by atoms with Gasteiger partial charge in [-0.3, -0.25) is 0 Å². The molecular formula is C39H29N3Si. The molecule has 204 valence electrons. The van der Waals surface area contributed by atoms with E-state index in [9.17, 15) is 0 Å². The number of aromatic nitrogens is 3. The first-order valence-corrected chi connectivity index (χ1v) is 16.5. The second kappa shape index (κ2) is 11.8. The summed E-state index contributed by atoms with van der Waals surface area (Å²) in [6.07, 6.45) is 0. The largest absolute Gasteiger partial charge is 0.208 e. The van der Waals surface area contributed by atoms with Crippen LogP contribution in [0.2, 0.25) is 0 Å². The number of hydrogen-bond donors (Lipinski definition) is 0. The molecule has 7 aromatic rings. The van der Waals surface area contributed by atoms with Crippen molar-refractivity contribution in [3.63, 3.8) is 0 Å². The van der Waals surface area contributed by atoms with Crippen molar-refractivity contribution in [2.75, 3.05) is 0 Å². The average molecular weight is 568 g/mol. The van der Waals surface area contributed by atoms with Gasteiger partial charge in [0.25, 0.3) is 0 Å². The van der Waals surface area contributed by atoms with Crippen LogP contribution in [0, 0.1) is 0 Å². The molecule has 0 amide bonds. The van der Waals surface area contributed by atoms with Gasteiger partial charge in [0.05, 0.1) is 0 Å². The summed E-state index contributed by atoms with van der Waals surface area (Å²) >= 11 is 0. The first kappa shape index (κ1) is 26.4. The van der Waals surface area contributed by atoms with Gasteiger partial charge in [-0.1, -0.05) is 176 Å². The summed E-state index contributed by atoms with van der Waals surface area (Å²) in [5.74, 6) is 1.98. The van der Waals surface area contributed by atoms with Crippen LogP contribution in [0.3, 0.4) is 0 Å². The third kappa shape index (κ3) is 5.09. The number of hydrogen-bond acceptors (Lipinski definition) is 3. The zero-order chi connectivity index (χ0) is 28.9. The number of benzene rings is 6. The Balaban J connectivity index is 1.41. The molecule has 0 radical (unpaired) electrons. The van der Waals surface area contributed by atoms with Crippen molar-refractivity contribution in [3.05, 3.63) is 176 Å². The first-order chi connectivity index (χ1) is 21.3. The van der Waals surface area contributed by atoms with Gasteiger partial charge in [-0.25, -0.2) is 15.0 Å². The zero-order valence-corrected chi connectivity index (χ0v) is 24.6. The average Bonchev–Trinajstić information content (AvgIpc) is 3.11. The van der Waals surface area contributed by atoms with Crippen molar-refractivity contribution >= 4 is 28.8 Å². The monoisotopic (exact) mass is 567 g/mol. The maximum absolute atomic E-state index is 4.95. The lowest BCUT2D eigenvalue weighted by atomic mass is 10.1. The fourth-order valence-electron chi connectivity index (χ4n) is 5.87. The van der Waals surface area contributed by atoms with Gasteiger partial charge in [-0.2, -0.15) is 0 Å². The van der Waals surface area contributed by atoms with Gasteiger partial charge >= 0.3 is 0 Å². The minimum Gasteiger partial charge on any atom is -0.208 e. The van der Waals surface area contributed by atoms with E-state index in [1.807, 2.05) is 60.7 Å². The standard InChI is InChI=1S/C39H29N3Si/c1-6-16-30(17-7-1)37-40-38(31-18-8-2-9-19-31)42-39(41-37)32-26-28-36(29-27-32)43(33-20-10-3-11-21-33,34-22-12-4-13-23-34)35-24-14-5-15-25-35/h1-29H. The molecule has 0 N–H and O–H groups in total. The van der Waals surface area contributed by atoms with Crippen LogP contribution in [-0.2, 0) is 0 Å². The summed E-state index contributed by atoms with van der Waals surface area (Å²) < 4.78 is 0. The van der Waals surface area contributed by atoms with Crippen molar-refractivity contribution in [2.24, 2.45) is 0 Å². The molecule has 4 heteroatoms. The van der Waals surface area contributed by atoms with Crippen LogP contribution < -0.4 is 20.7 Å². The van der Waals surface area contributed by atoms with Crippen molar-refractivity contribution in [1.29, 1.82) is 0 Å². The third-order valence-electron chi connectivity index (χ3n) is 7.90. The maximum Gasteiger partial charge on any atom is 0.179 e. The molecule has 1 heterocycles. The second-order valence-electron chi connectivity index (χ2n) is 10.5. The summed E-state index contributed by atoms with van der Waals surface area (Å²) in [6, 6.07) is 62.0. The Morgan fingerprint density at radius 3 is 0.837 bits per heavy atom. The van der Waals surface area contributed by atoms with Crippen LogP contribution in [0.4, 0.5) is 0 Å². The Kier molecular flexibility index (Phi) is 7.26. The van der Waals surface area contributed by atoms with E-state index in [-0.39, 0.29) is 0 Å². The normalized spacial score (nSPS) is 11.3. The highest BCUT2D eigenvalue weighted by Gasteiger charge is 2.41. The van der Waals surface area contributed by atoms with Crippen molar-refractivity contribution in [3.8, 4) is 34.2 Å². The van der Waals surface area contributed by atoms with E-state index in [2.05, 4.69) is 115 Å². The molecule has 7 rings (SSSR count).